The highest BCUT2D eigenvalue weighted by Gasteiger charge is 2.53. The number of aryl methyl sites for hydroxylation is 2. The molecule has 0 radical (unpaired) electrons. The monoisotopic (exact) mass is 400 g/mol. The number of pyridine rings is 1. The number of anilines is 1. The third kappa shape index (κ3) is 3.02. The maximum atomic E-state index is 13.5. The van der Waals surface area contributed by atoms with Gasteiger partial charge in [-0.15, -0.1) is 0 Å². The number of benzene rings is 2. The molecule has 5 rings (SSSR count). The van der Waals surface area contributed by atoms with Gasteiger partial charge in [-0.2, -0.15) is 0 Å². The maximum absolute atomic E-state index is 13.5. The van der Waals surface area contributed by atoms with Gasteiger partial charge < -0.3 is 9.47 Å². The average molecular weight is 400 g/mol. The number of ether oxygens (including phenoxy) is 2. The summed E-state index contributed by atoms with van der Waals surface area (Å²) in [6.07, 6.45) is 1.66. The number of amides is 1. The van der Waals surface area contributed by atoms with Crippen LogP contribution in [-0.2, 0) is 10.2 Å². The molecule has 1 aliphatic carbocycles. The molecule has 5 nitrogen and oxygen atoms in total. The van der Waals surface area contributed by atoms with E-state index in [0.29, 0.717) is 11.6 Å². The average Bonchev–Trinajstić information content (AvgIpc) is 3.43. The first-order chi connectivity index (χ1) is 14.5. The molecule has 2 aliphatic rings. The molecule has 0 spiro atoms. The molecule has 0 N–H and O–H groups in total. The maximum Gasteiger partial charge on any atom is 0.238 e. The van der Waals surface area contributed by atoms with E-state index < -0.39 is 5.41 Å². The van der Waals surface area contributed by atoms with E-state index >= 15 is 0 Å². The number of likely N-dealkylation sites (N-methyl/N-ethyl adjacent to an activating group) is 1. The van der Waals surface area contributed by atoms with Crippen molar-refractivity contribution in [2.45, 2.75) is 32.1 Å². The van der Waals surface area contributed by atoms with Gasteiger partial charge in [0.05, 0.1) is 5.41 Å². The lowest BCUT2D eigenvalue weighted by atomic mass is 9.94. The summed E-state index contributed by atoms with van der Waals surface area (Å²) < 4.78 is 10.9. The molecule has 1 fully saturated rings. The van der Waals surface area contributed by atoms with Crippen LogP contribution in [0.25, 0.3) is 11.1 Å². The van der Waals surface area contributed by atoms with Gasteiger partial charge in [-0.1, -0.05) is 35.9 Å². The summed E-state index contributed by atoms with van der Waals surface area (Å²) in [5.74, 6) is 2.18. The fourth-order valence-electron chi connectivity index (χ4n) is 4.22. The van der Waals surface area contributed by atoms with Crippen molar-refractivity contribution in [1.29, 1.82) is 0 Å². The van der Waals surface area contributed by atoms with Crippen molar-refractivity contribution in [2.24, 2.45) is 0 Å². The van der Waals surface area contributed by atoms with Crippen LogP contribution in [0.3, 0.4) is 0 Å². The number of carbonyl (C=O) groups excluding carboxylic acids is 1. The minimum Gasteiger partial charge on any atom is -0.454 e. The number of rotatable bonds is 4. The Balaban J connectivity index is 1.42. The van der Waals surface area contributed by atoms with E-state index in [2.05, 4.69) is 37.3 Å². The van der Waals surface area contributed by atoms with Crippen LogP contribution in [0.15, 0.2) is 54.6 Å². The molecule has 0 unspecified atom stereocenters. The van der Waals surface area contributed by atoms with E-state index in [0.717, 1.165) is 41.0 Å². The summed E-state index contributed by atoms with van der Waals surface area (Å²) in [4.78, 5) is 19.9. The van der Waals surface area contributed by atoms with Gasteiger partial charge in [0.25, 0.3) is 0 Å². The Morgan fingerprint density at radius 1 is 1.00 bits per heavy atom. The molecular formula is C25H24N2O3. The van der Waals surface area contributed by atoms with Crippen LogP contribution in [0, 0.1) is 13.8 Å². The Hall–Kier alpha value is -3.34. The summed E-state index contributed by atoms with van der Waals surface area (Å²) in [6, 6.07) is 18.2. The van der Waals surface area contributed by atoms with E-state index in [1.54, 1.807) is 4.90 Å². The number of nitrogens with zero attached hydrogens (tertiary/aromatic N) is 2. The Bertz CT molecular complexity index is 1150. The highest BCUT2D eigenvalue weighted by atomic mass is 16.7. The summed E-state index contributed by atoms with van der Waals surface area (Å²) >= 11 is 0. The number of hydrogen-bond donors (Lipinski definition) is 0. The van der Waals surface area contributed by atoms with Crippen LogP contribution in [0.1, 0.15) is 29.7 Å². The van der Waals surface area contributed by atoms with Gasteiger partial charge in [-0.05, 0) is 62.1 Å². The van der Waals surface area contributed by atoms with Gasteiger partial charge >= 0.3 is 0 Å². The molecule has 0 saturated heterocycles. The molecule has 1 aliphatic heterocycles. The summed E-state index contributed by atoms with van der Waals surface area (Å²) in [7, 11) is 1.81. The molecule has 2 heterocycles. The normalized spacial score (nSPS) is 15.7. The lowest BCUT2D eigenvalue weighted by Crippen LogP contribution is -2.37. The predicted molar refractivity (Wildman–Crippen MR) is 116 cm³/mol. The minimum atomic E-state index is -0.499. The van der Waals surface area contributed by atoms with Gasteiger partial charge in [-0.3, -0.25) is 9.69 Å². The topological polar surface area (TPSA) is 51.7 Å². The molecule has 2 aromatic carbocycles. The number of aromatic nitrogens is 1. The van der Waals surface area contributed by atoms with Crippen LogP contribution < -0.4 is 14.4 Å². The summed E-state index contributed by atoms with van der Waals surface area (Å²) in [6.45, 7) is 4.30. The van der Waals surface area contributed by atoms with Crippen LogP contribution >= 0.6 is 0 Å². The second-order valence-electron chi connectivity index (χ2n) is 8.19. The fourth-order valence-corrected chi connectivity index (χ4v) is 4.22. The van der Waals surface area contributed by atoms with Gasteiger partial charge in [0.2, 0.25) is 12.7 Å². The minimum absolute atomic E-state index is 0.0663. The molecule has 1 amide bonds. The van der Waals surface area contributed by atoms with E-state index in [1.165, 1.54) is 5.56 Å². The van der Waals surface area contributed by atoms with Crippen molar-refractivity contribution < 1.29 is 14.3 Å². The van der Waals surface area contributed by atoms with Crippen LogP contribution in [-0.4, -0.2) is 24.7 Å². The first kappa shape index (κ1) is 18.7. The number of carbonyl (C=O) groups is 1. The molecule has 1 aromatic heterocycles. The van der Waals surface area contributed by atoms with Crippen molar-refractivity contribution >= 4 is 11.7 Å². The Morgan fingerprint density at radius 3 is 2.53 bits per heavy atom. The third-order valence-corrected chi connectivity index (χ3v) is 6.13. The largest absolute Gasteiger partial charge is 0.454 e. The highest BCUT2D eigenvalue weighted by Crippen LogP contribution is 2.51. The zero-order valence-electron chi connectivity index (χ0n) is 17.4. The molecule has 3 aromatic rings. The Morgan fingerprint density at radius 2 is 1.80 bits per heavy atom. The predicted octanol–water partition coefficient (Wildman–Crippen LogP) is 4.79. The molecule has 5 heteroatoms. The van der Waals surface area contributed by atoms with Gasteiger partial charge in [0, 0.05) is 18.3 Å². The van der Waals surface area contributed by atoms with Crippen molar-refractivity contribution in [3.05, 3.63) is 71.4 Å². The van der Waals surface area contributed by atoms with Gasteiger partial charge in [-0.25, -0.2) is 4.98 Å². The first-order valence-electron chi connectivity index (χ1n) is 10.2. The second-order valence-corrected chi connectivity index (χ2v) is 8.19. The quantitative estimate of drug-likeness (QED) is 0.632. The van der Waals surface area contributed by atoms with Crippen molar-refractivity contribution in [2.75, 3.05) is 18.7 Å². The van der Waals surface area contributed by atoms with E-state index in [1.807, 2.05) is 38.2 Å². The first-order valence-corrected chi connectivity index (χ1v) is 10.2. The van der Waals surface area contributed by atoms with Crippen molar-refractivity contribution in [3.63, 3.8) is 0 Å². The zero-order valence-corrected chi connectivity index (χ0v) is 17.4. The fraction of sp³-hybridized carbons (Fsp3) is 0.280. The number of fused-ring (bicyclic) bond motifs is 1. The van der Waals surface area contributed by atoms with Crippen LogP contribution in [0.5, 0.6) is 11.5 Å². The number of hydrogen-bond acceptors (Lipinski definition) is 4. The van der Waals surface area contributed by atoms with Crippen LogP contribution in [0.4, 0.5) is 5.82 Å². The van der Waals surface area contributed by atoms with Gasteiger partial charge in [0.15, 0.2) is 11.5 Å². The summed E-state index contributed by atoms with van der Waals surface area (Å²) in [5, 5.41) is 0. The summed E-state index contributed by atoms with van der Waals surface area (Å²) in [5.41, 5.74) is 4.82. The second kappa shape index (κ2) is 6.87. The third-order valence-electron chi connectivity index (χ3n) is 6.13. The Labute approximate surface area is 176 Å². The zero-order chi connectivity index (χ0) is 20.9. The molecule has 0 atom stereocenters. The molecule has 1 saturated carbocycles. The highest BCUT2D eigenvalue weighted by molar-refractivity contribution is 6.02. The van der Waals surface area contributed by atoms with Gasteiger partial charge in [0.1, 0.15) is 5.82 Å². The lowest BCUT2D eigenvalue weighted by molar-refractivity contribution is -0.120. The molecule has 30 heavy (non-hydrogen) atoms. The molecule has 152 valence electrons. The smallest absolute Gasteiger partial charge is 0.238 e. The molecule has 0 bridgehead atoms. The molecular weight excluding hydrogens is 376 g/mol. The van der Waals surface area contributed by atoms with E-state index in [4.69, 9.17) is 14.5 Å². The lowest BCUT2D eigenvalue weighted by Gasteiger charge is -2.24. The van der Waals surface area contributed by atoms with E-state index in [-0.39, 0.29) is 12.7 Å². The Kier molecular flexibility index (Phi) is 4.28. The standard InChI is InChI=1S/C25H24N2O3/c1-16-5-4-6-18(13-16)20-8-10-23(26-17(20)2)27(3)24(28)25(11-12-25)19-7-9-21-22(14-19)30-15-29-21/h4-10,13-14H,11-12,15H2,1-3H3. The van der Waals surface area contributed by atoms with Crippen molar-refractivity contribution in [3.8, 4) is 22.6 Å². The van der Waals surface area contributed by atoms with E-state index in [9.17, 15) is 4.79 Å². The van der Waals surface area contributed by atoms with Crippen molar-refractivity contribution in [1.82, 2.24) is 4.98 Å². The van der Waals surface area contributed by atoms with Crippen LogP contribution in [0.2, 0.25) is 0 Å². The SMILES string of the molecule is Cc1cccc(-c2ccc(N(C)C(=O)C3(c4ccc5c(c4)OCO5)CC3)nc2C)c1.